The van der Waals surface area contributed by atoms with Crippen molar-refractivity contribution in [3.8, 4) is 44.6 Å². The van der Waals surface area contributed by atoms with Crippen LogP contribution in [0.3, 0.4) is 0 Å². The first-order valence-corrected chi connectivity index (χ1v) is 19.7. The Morgan fingerprint density at radius 3 is 2.16 bits per heavy atom. The summed E-state index contributed by atoms with van der Waals surface area (Å²) in [7, 11) is 0. The molecule has 5 heteroatoms. The van der Waals surface area contributed by atoms with E-state index in [2.05, 4.69) is 163 Å². The second-order valence-electron chi connectivity index (χ2n) is 14.7. The minimum atomic E-state index is 0.389. The van der Waals surface area contributed by atoms with Crippen molar-refractivity contribution in [2.75, 3.05) is 11.9 Å². The molecule has 2 heterocycles. The van der Waals surface area contributed by atoms with E-state index in [9.17, 15) is 0 Å². The molecule has 0 saturated carbocycles. The molecular formula is C53H39N5. The van der Waals surface area contributed by atoms with Crippen LogP contribution in [-0.4, -0.2) is 29.9 Å². The van der Waals surface area contributed by atoms with Gasteiger partial charge in [-0.25, -0.2) is 15.0 Å². The van der Waals surface area contributed by atoms with Crippen LogP contribution in [0.5, 0.6) is 0 Å². The molecule has 2 aliphatic rings. The average molecular weight is 746 g/mol. The van der Waals surface area contributed by atoms with Crippen LogP contribution < -0.4 is 5.32 Å². The Morgan fingerprint density at radius 2 is 1.31 bits per heavy atom. The zero-order chi connectivity index (χ0) is 38.8. The van der Waals surface area contributed by atoms with E-state index in [1.165, 1.54) is 27.8 Å². The molecule has 0 saturated heterocycles. The third kappa shape index (κ3) is 6.73. The maximum Gasteiger partial charge on any atom is 0.161 e. The number of anilines is 1. The van der Waals surface area contributed by atoms with Crippen molar-refractivity contribution in [1.29, 1.82) is 0 Å². The highest BCUT2D eigenvalue weighted by Gasteiger charge is 2.22. The minimum Gasteiger partial charge on any atom is -0.379 e. The molecule has 0 spiro atoms. The number of rotatable bonds is 7. The molecule has 58 heavy (non-hydrogen) atoms. The van der Waals surface area contributed by atoms with Crippen molar-refractivity contribution in [3.63, 3.8) is 0 Å². The highest BCUT2D eigenvalue weighted by molar-refractivity contribution is 6.12. The molecular weight excluding hydrogens is 707 g/mol. The molecule has 276 valence electrons. The SMILES string of the molecule is C=N/C(=N\C(=N/Cc1cc(-c2ccc3ccc4c(c3n2)NCC=C4)cc(-c2cccc3c2-c2ccccc2C3)c1)c1ccc(-c2ccccc2)cc1)c1ccccc1. The molecule has 8 aromatic rings. The van der Waals surface area contributed by atoms with Crippen molar-refractivity contribution in [1.82, 2.24) is 4.98 Å². The van der Waals surface area contributed by atoms with Gasteiger partial charge in [-0.2, -0.15) is 0 Å². The highest BCUT2D eigenvalue weighted by atomic mass is 15.0. The van der Waals surface area contributed by atoms with Crippen LogP contribution in [0.15, 0.2) is 191 Å². The fourth-order valence-corrected chi connectivity index (χ4v) is 8.23. The normalized spacial score (nSPS) is 13.1. The summed E-state index contributed by atoms with van der Waals surface area (Å²) in [5.74, 6) is 1.11. The number of aromatic nitrogens is 1. The van der Waals surface area contributed by atoms with Crippen molar-refractivity contribution in [2.24, 2.45) is 15.0 Å². The molecule has 0 unspecified atom stereocenters. The fourth-order valence-electron chi connectivity index (χ4n) is 8.23. The summed E-state index contributed by atoms with van der Waals surface area (Å²) in [6.07, 6.45) is 5.25. The number of hydrogen-bond donors (Lipinski definition) is 1. The second kappa shape index (κ2) is 15.2. The number of benzene rings is 7. The smallest absolute Gasteiger partial charge is 0.161 e. The van der Waals surface area contributed by atoms with E-state index in [1.807, 2.05) is 36.4 Å². The molecule has 0 radical (unpaired) electrons. The fraction of sp³-hybridized carbons (Fsp3) is 0.0566. The van der Waals surface area contributed by atoms with Crippen molar-refractivity contribution in [2.45, 2.75) is 13.0 Å². The van der Waals surface area contributed by atoms with Crippen LogP contribution in [0.25, 0.3) is 61.6 Å². The minimum absolute atomic E-state index is 0.389. The molecule has 5 nitrogen and oxygen atoms in total. The zero-order valence-corrected chi connectivity index (χ0v) is 31.9. The lowest BCUT2D eigenvalue weighted by Gasteiger charge is -2.17. The summed E-state index contributed by atoms with van der Waals surface area (Å²) >= 11 is 0. The van der Waals surface area contributed by atoms with E-state index in [-0.39, 0.29) is 0 Å². The lowest BCUT2D eigenvalue weighted by Crippen LogP contribution is -2.06. The standard InChI is InChI=1S/C53H39N5/c1-54-52(40-14-6-3-7-15-40)58-53(41-25-21-37(22-26-41)36-12-4-2-5-13-36)56-34-35-30-44(47-20-10-17-43-32-42-16-8-9-19-46(42)49(43)47)33-45(31-35)48-28-27-39-24-23-38-18-11-29-55-50(38)51(39)57-48/h2-28,30-31,33,55H,1,29,32,34H2/b56-53-,58-52-. The molecule has 1 N–H and O–H groups in total. The third-order valence-electron chi connectivity index (χ3n) is 11.1. The largest absolute Gasteiger partial charge is 0.379 e. The van der Waals surface area contributed by atoms with Gasteiger partial charge in [0.2, 0.25) is 0 Å². The summed E-state index contributed by atoms with van der Waals surface area (Å²) in [6, 6.07) is 59.6. The van der Waals surface area contributed by atoms with E-state index in [1.54, 1.807) is 0 Å². The van der Waals surface area contributed by atoms with Crippen LogP contribution in [0.4, 0.5) is 5.69 Å². The van der Waals surface area contributed by atoms with Gasteiger partial charge in [-0.1, -0.05) is 158 Å². The zero-order valence-electron chi connectivity index (χ0n) is 31.9. The number of nitrogens with one attached hydrogen (secondary N) is 1. The van der Waals surface area contributed by atoms with Crippen LogP contribution in [0.2, 0.25) is 0 Å². The lowest BCUT2D eigenvalue weighted by atomic mass is 9.91. The first kappa shape index (κ1) is 35.0. The van der Waals surface area contributed by atoms with Crippen LogP contribution in [0, 0.1) is 0 Å². The Balaban J connectivity index is 1.12. The van der Waals surface area contributed by atoms with Crippen molar-refractivity contribution >= 4 is 41.1 Å². The third-order valence-corrected chi connectivity index (χ3v) is 11.1. The predicted molar refractivity (Wildman–Crippen MR) is 243 cm³/mol. The van der Waals surface area contributed by atoms with Crippen molar-refractivity contribution < 1.29 is 0 Å². The molecule has 10 rings (SSSR count). The number of aliphatic imine (C=N–C) groups is 3. The van der Waals surface area contributed by atoms with Gasteiger partial charge in [0.1, 0.15) is 0 Å². The molecule has 1 aliphatic carbocycles. The average Bonchev–Trinajstić information content (AvgIpc) is 3.69. The lowest BCUT2D eigenvalue weighted by molar-refractivity contribution is 1.06. The van der Waals surface area contributed by atoms with Gasteiger partial charge in [-0.15, -0.1) is 0 Å². The van der Waals surface area contributed by atoms with Gasteiger partial charge in [0.05, 0.1) is 23.4 Å². The monoisotopic (exact) mass is 745 g/mol. The Kier molecular flexibility index (Phi) is 9.16. The van der Waals surface area contributed by atoms with E-state index >= 15 is 0 Å². The van der Waals surface area contributed by atoms with Gasteiger partial charge in [0.25, 0.3) is 0 Å². The quantitative estimate of drug-likeness (QED) is 0.130. The topological polar surface area (TPSA) is 62.0 Å². The molecule has 0 fully saturated rings. The van der Waals surface area contributed by atoms with E-state index in [0.29, 0.717) is 18.2 Å². The second-order valence-corrected chi connectivity index (χ2v) is 14.7. The van der Waals surface area contributed by atoms with Crippen LogP contribution >= 0.6 is 0 Å². The highest BCUT2D eigenvalue weighted by Crippen LogP contribution is 2.44. The summed E-state index contributed by atoms with van der Waals surface area (Å²) in [4.78, 5) is 20.0. The maximum atomic E-state index is 5.33. The summed E-state index contributed by atoms with van der Waals surface area (Å²) in [5.41, 5.74) is 17.9. The number of pyridine rings is 1. The number of hydrogen-bond acceptors (Lipinski definition) is 3. The molecule has 1 aliphatic heterocycles. The van der Waals surface area contributed by atoms with E-state index < -0.39 is 0 Å². The van der Waals surface area contributed by atoms with Gasteiger partial charge in [0, 0.05) is 28.6 Å². The van der Waals surface area contributed by atoms with Gasteiger partial charge in [0.15, 0.2) is 11.7 Å². The van der Waals surface area contributed by atoms with Crippen LogP contribution in [0.1, 0.15) is 33.4 Å². The Bertz CT molecular complexity index is 2940. The van der Waals surface area contributed by atoms with Gasteiger partial charge in [-0.05, 0) is 93.0 Å². The number of amidine groups is 2. The molecule has 0 amide bonds. The first-order chi connectivity index (χ1) is 28.7. The molecule has 0 bridgehead atoms. The van der Waals surface area contributed by atoms with Gasteiger partial charge >= 0.3 is 0 Å². The Morgan fingerprint density at radius 1 is 0.603 bits per heavy atom. The van der Waals surface area contributed by atoms with Gasteiger partial charge in [-0.3, -0.25) is 4.99 Å². The van der Waals surface area contributed by atoms with Crippen molar-refractivity contribution in [3.05, 3.63) is 209 Å². The molecule has 1 aromatic heterocycles. The summed E-state index contributed by atoms with van der Waals surface area (Å²) in [5, 5.41) is 4.68. The predicted octanol–water partition coefficient (Wildman–Crippen LogP) is 12.3. The molecule has 7 aromatic carbocycles. The van der Waals surface area contributed by atoms with Crippen LogP contribution in [-0.2, 0) is 13.0 Å². The Hall–Kier alpha value is -7.50. The number of nitrogens with zero attached hydrogens (tertiary/aromatic N) is 4. The van der Waals surface area contributed by atoms with E-state index in [0.717, 1.165) is 79.8 Å². The summed E-state index contributed by atoms with van der Waals surface area (Å²) < 4.78 is 0. The maximum absolute atomic E-state index is 5.33. The number of fused-ring (bicyclic) bond motifs is 6. The van der Waals surface area contributed by atoms with E-state index in [4.69, 9.17) is 15.0 Å². The Labute approximate surface area is 338 Å². The summed E-state index contributed by atoms with van der Waals surface area (Å²) in [6.45, 7) is 5.06. The van der Waals surface area contributed by atoms with Gasteiger partial charge < -0.3 is 5.32 Å². The first-order valence-electron chi connectivity index (χ1n) is 19.7. The molecule has 0 atom stereocenters.